The van der Waals surface area contributed by atoms with Gasteiger partial charge in [-0.25, -0.2) is 0 Å². The Balaban J connectivity index is 1.73. The van der Waals surface area contributed by atoms with Crippen molar-refractivity contribution in [3.8, 4) is 0 Å². The molecule has 0 spiro atoms. The van der Waals surface area contributed by atoms with E-state index in [9.17, 15) is 0 Å². The van der Waals surface area contributed by atoms with E-state index >= 15 is 0 Å². The summed E-state index contributed by atoms with van der Waals surface area (Å²) in [6.45, 7) is 0.944. The molecule has 0 amide bonds. The normalized spacial score (nSPS) is 23.1. The quantitative estimate of drug-likeness (QED) is 0.802. The Morgan fingerprint density at radius 1 is 1.00 bits per heavy atom. The van der Waals surface area contributed by atoms with Gasteiger partial charge in [0.25, 0.3) is 0 Å². The summed E-state index contributed by atoms with van der Waals surface area (Å²) in [7, 11) is 0. The average Bonchev–Trinajstić information content (AvgIpc) is 2.53. The van der Waals surface area contributed by atoms with Crippen LogP contribution in [0.5, 0.6) is 0 Å². The highest BCUT2D eigenvalue weighted by Gasteiger charge is 2.23. The first kappa shape index (κ1) is 13.9. The Morgan fingerprint density at radius 2 is 1.80 bits per heavy atom. The largest absolute Gasteiger partial charge is 0.310 e. The van der Waals surface area contributed by atoms with Crippen LogP contribution in [0.4, 0.5) is 0 Å². The van der Waals surface area contributed by atoms with Gasteiger partial charge in [0, 0.05) is 18.5 Å². The van der Waals surface area contributed by atoms with Crippen molar-refractivity contribution < 1.29 is 0 Å². The molecule has 1 nitrogen and oxygen atoms in total. The monoisotopic (exact) mass is 287 g/mol. The molecule has 106 valence electrons. The smallest absolute Gasteiger partial charge is 0.0266 e. The molecule has 0 heterocycles. The van der Waals surface area contributed by atoms with E-state index in [4.69, 9.17) is 11.6 Å². The Kier molecular flexibility index (Phi) is 4.59. The van der Waals surface area contributed by atoms with Crippen molar-refractivity contribution in [3.05, 3.63) is 48.0 Å². The summed E-state index contributed by atoms with van der Waals surface area (Å²) in [5.74, 6) is 1.42. The van der Waals surface area contributed by atoms with Crippen molar-refractivity contribution in [2.45, 2.75) is 38.3 Å². The number of hydrogen-bond donors (Lipinski definition) is 1. The van der Waals surface area contributed by atoms with Crippen molar-refractivity contribution in [1.29, 1.82) is 0 Å². The van der Waals surface area contributed by atoms with Gasteiger partial charge < -0.3 is 5.32 Å². The zero-order chi connectivity index (χ0) is 13.8. The fourth-order valence-corrected chi connectivity index (χ4v) is 3.72. The maximum Gasteiger partial charge on any atom is 0.0266 e. The number of hydrogen-bond acceptors (Lipinski definition) is 1. The molecule has 3 rings (SSSR count). The SMILES string of the molecule is ClCC1CCCCC1NCc1cccc2ccccc12. The standard InChI is InChI=1S/C18H22ClN/c19-12-15-7-2-4-11-18(15)20-13-16-9-5-8-14-6-1-3-10-17(14)16/h1,3,5-6,8-10,15,18,20H,2,4,7,11-13H2. The lowest BCUT2D eigenvalue weighted by atomic mass is 9.85. The van der Waals surface area contributed by atoms with Crippen LogP contribution in [0.25, 0.3) is 10.8 Å². The lowest BCUT2D eigenvalue weighted by Crippen LogP contribution is -2.39. The third-order valence-corrected chi connectivity index (χ3v) is 4.94. The number of alkyl halides is 1. The zero-order valence-corrected chi connectivity index (χ0v) is 12.6. The molecule has 1 fully saturated rings. The molecule has 2 heteroatoms. The van der Waals surface area contributed by atoms with E-state index in [0.29, 0.717) is 12.0 Å². The first-order valence-electron chi connectivity index (χ1n) is 7.64. The van der Waals surface area contributed by atoms with Gasteiger partial charge >= 0.3 is 0 Å². The molecule has 0 aliphatic heterocycles. The van der Waals surface area contributed by atoms with E-state index in [-0.39, 0.29) is 0 Å². The minimum Gasteiger partial charge on any atom is -0.310 e. The molecule has 1 N–H and O–H groups in total. The summed E-state index contributed by atoms with van der Waals surface area (Å²) in [6.07, 6.45) is 5.21. The summed E-state index contributed by atoms with van der Waals surface area (Å²) in [4.78, 5) is 0. The first-order valence-corrected chi connectivity index (χ1v) is 8.18. The lowest BCUT2D eigenvalue weighted by Gasteiger charge is -2.31. The molecule has 0 saturated heterocycles. The Labute approximate surface area is 126 Å². The minimum atomic E-state index is 0.584. The third-order valence-electron chi connectivity index (χ3n) is 4.54. The highest BCUT2D eigenvalue weighted by Crippen LogP contribution is 2.26. The van der Waals surface area contributed by atoms with E-state index in [2.05, 4.69) is 47.8 Å². The molecule has 1 aliphatic rings. The molecular formula is C18H22ClN. The van der Waals surface area contributed by atoms with Gasteiger partial charge in [-0.2, -0.15) is 0 Å². The molecule has 0 aromatic heterocycles. The molecule has 2 aromatic rings. The number of nitrogens with one attached hydrogen (secondary N) is 1. The van der Waals surface area contributed by atoms with Gasteiger partial charge in [0.15, 0.2) is 0 Å². The second-order valence-electron chi connectivity index (χ2n) is 5.82. The van der Waals surface area contributed by atoms with Crippen molar-refractivity contribution >= 4 is 22.4 Å². The Hall–Kier alpha value is -1.05. The molecule has 0 bridgehead atoms. The maximum absolute atomic E-state index is 6.11. The third kappa shape index (κ3) is 2.99. The van der Waals surface area contributed by atoms with E-state index in [1.165, 1.54) is 42.0 Å². The second-order valence-corrected chi connectivity index (χ2v) is 6.13. The lowest BCUT2D eigenvalue weighted by molar-refractivity contribution is 0.282. The molecule has 1 aliphatic carbocycles. The average molecular weight is 288 g/mol. The van der Waals surface area contributed by atoms with Crippen molar-refractivity contribution in [1.82, 2.24) is 5.32 Å². The van der Waals surface area contributed by atoms with E-state index in [1.807, 2.05) is 0 Å². The fourth-order valence-electron chi connectivity index (χ4n) is 3.35. The van der Waals surface area contributed by atoms with Gasteiger partial charge in [0.1, 0.15) is 0 Å². The fraction of sp³-hybridized carbons (Fsp3) is 0.444. The van der Waals surface area contributed by atoms with Gasteiger partial charge in [-0.15, -0.1) is 11.6 Å². The summed E-state index contributed by atoms with van der Waals surface area (Å²) >= 11 is 6.11. The predicted molar refractivity (Wildman–Crippen MR) is 87.3 cm³/mol. The molecule has 0 radical (unpaired) electrons. The van der Waals surface area contributed by atoms with Gasteiger partial charge in [-0.05, 0) is 35.1 Å². The van der Waals surface area contributed by atoms with Crippen LogP contribution in [0, 0.1) is 5.92 Å². The summed E-state index contributed by atoms with van der Waals surface area (Å²) in [6, 6.07) is 15.8. The second kappa shape index (κ2) is 6.60. The summed E-state index contributed by atoms with van der Waals surface area (Å²) in [5, 5.41) is 6.43. The van der Waals surface area contributed by atoms with Crippen LogP contribution in [0.15, 0.2) is 42.5 Å². The van der Waals surface area contributed by atoms with Crippen LogP contribution in [0.3, 0.4) is 0 Å². The van der Waals surface area contributed by atoms with Crippen LogP contribution in [-0.4, -0.2) is 11.9 Å². The predicted octanol–water partition coefficient (Wildman–Crippen LogP) is 4.73. The Morgan fingerprint density at radius 3 is 2.70 bits per heavy atom. The van der Waals surface area contributed by atoms with Crippen LogP contribution < -0.4 is 5.32 Å². The number of halogens is 1. The number of rotatable bonds is 4. The van der Waals surface area contributed by atoms with Crippen LogP contribution in [0.1, 0.15) is 31.2 Å². The molecule has 20 heavy (non-hydrogen) atoms. The zero-order valence-electron chi connectivity index (χ0n) is 11.8. The van der Waals surface area contributed by atoms with Crippen LogP contribution in [-0.2, 0) is 6.54 Å². The summed E-state index contributed by atoms with van der Waals surface area (Å²) in [5.41, 5.74) is 1.39. The highest BCUT2D eigenvalue weighted by atomic mass is 35.5. The highest BCUT2D eigenvalue weighted by molar-refractivity contribution is 6.18. The molecule has 2 unspecified atom stereocenters. The van der Waals surface area contributed by atoms with E-state index < -0.39 is 0 Å². The number of benzene rings is 2. The van der Waals surface area contributed by atoms with E-state index in [0.717, 1.165) is 12.4 Å². The molecule has 1 saturated carbocycles. The van der Waals surface area contributed by atoms with Crippen LogP contribution in [0.2, 0.25) is 0 Å². The van der Waals surface area contributed by atoms with Gasteiger partial charge in [-0.3, -0.25) is 0 Å². The van der Waals surface area contributed by atoms with Gasteiger partial charge in [0.05, 0.1) is 0 Å². The molecule has 2 aromatic carbocycles. The maximum atomic E-state index is 6.11. The summed E-state index contributed by atoms with van der Waals surface area (Å²) < 4.78 is 0. The van der Waals surface area contributed by atoms with E-state index in [1.54, 1.807) is 0 Å². The van der Waals surface area contributed by atoms with Gasteiger partial charge in [0.2, 0.25) is 0 Å². The van der Waals surface area contributed by atoms with Crippen LogP contribution >= 0.6 is 11.6 Å². The minimum absolute atomic E-state index is 0.584. The Bertz CT molecular complexity index is 561. The first-order chi connectivity index (χ1) is 9.88. The van der Waals surface area contributed by atoms with Crippen molar-refractivity contribution in [3.63, 3.8) is 0 Å². The topological polar surface area (TPSA) is 12.0 Å². The number of fused-ring (bicyclic) bond motifs is 1. The molecule has 2 atom stereocenters. The van der Waals surface area contributed by atoms with Gasteiger partial charge in [-0.1, -0.05) is 55.3 Å². The van der Waals surface area contributed by atoms with Crippen molar-refractivity contribution in [2.75, 3.05) is 5.88 Å². The molecular weight excluding hydrogens is 266 g/mol. The van der Waals surface area contributed by atoms with Crippen molar-refractivity contribution in [2.24, 2.45) is 5.92 Å².